The predicted octanol–water partition coefficient (Wildman–Crippen LogP) is 4.29. The lowest BCUT2D eigenvalue weighted by atomic mass is 9.95. The van der Waals surface area contributed by atoms with Crippen LogP contribution in [-0.2, 0) is 11.7 Å². The summed E-state index contributed by atoms with van der Waals surface area (Å²) in [6.07, 6.45) is -2.93. The molecule has 1 heterocycles. The molecular formula is C13H15F3N2S. The molecule has 0 bridgehead atoms. The van der Waals surface area contributed by atoms with Crippen LogP contribution in [0.5, 0.6) is 0 Å². The first-order valence-corrected chi connectivity index (χ1v) is 6.89. The van der Waals surface area contributed by atoms with Gasteiger partial charge in [0, 0.05) is 0 Å². The maximum atomic E-state index is 12.6. The first-order valence-electron chi connectivity index (χ1n) is 6.07. The molecule has 0 aliphatic rings. The van der Waals surface area contributed by atoms with E-state index in [0.29, 0.717) is 23.4 Å². The Labute approximate surface area is 113 Å². The number of halogens is 3. The van der Waals surface area contributed by atoms with Crippen molar-refractivity contribution in [2.24, 2.45) is 5.73 Å². The van der Waals surface area contributed by atoms with Gasteiger partial charge in [0.2, 0.25) is 0 Å². The van der Waals surface area contributed by atoms with Crippen LogP contribution in [-0.4, -0.2) is 4.98 Å². The second-order valence-electron chi connectivity index (χ2n) is 4.56. The van der Waals surface area contributed by atoms with Gasteiger partial charge in [0.15, 0.2) is 0 Å². The van der Waals surface area contributed by atoms with E-state index in [1.807, 2.05) is 13.8 Å². The fourth-order valence-electron chi connectivity index (χ4n) is 1.87. The molecule has 0 saturated carbocycles. The fourth-order valence-corrected chi connectivity index (χ4v) is 3.06. The van der Waals surface area contributed by atoms with E-state index in [1.54, 1.807) is 0 Å². The summed E-state index contributed by atoms with van der Waals surface area (Å²) in [4.78, 5) is 4.29. The first kappa shape index (κ1) is 14.3. The molecule has 1 aromatic carbocycles. The molecule has 0 aliphatic heterocycles. The summed E-state index contributed by atoms with van der Waals surface area (Å²) in [7, 11) is 0. The van der Waals surface area contributed by atoms with Gasteiger partial charge in [0.25, 0.3) is 0 Å². The van der Waals surface area contributed by atoms with Crippen molar-refractivity contribution in [3.8, 4) is 0 Å². The fraction of sp³-hybridized carbons (Fsp3) is 0.462. The van der Waals surface area contributed by atoms with Gasteiger partial charge in [0.05, 0.1) is 21.3 Å². The SMILES string of the molecule is CCC(N)(CC)c1nc2cc(C(F)(F)F)ccc2s1. The number of hydrogen-bond donors (Lipinski definition) is 1. The van der Waals surface area contributed by atoms with Crippen LogP contribution in [0.3, 0.4) is 0 Å². The zero-order chi connectivity index (χ0) is 14.3. The molecule has 0 saturated heterocycles. The van der Waals surface area contributed by atoms with Gasteiger partial charge in [-0.3, -0.25) is 0 Å². The van der Waals surface area contributed by atoms with E-state index in [0.717, 1.165) is 16.8 Å². The highest BCUT2D eigenvalue weighted by atomic mass is 32.1. The van der Waals surface area contributed by atoms with Gasteiger partial charge < -0.3 is 5.73 Å². The van der Waals surface area contributed by atoms with Crippen LogP contribution in [0.1, 0.15) is 37.3 Å². The van der Waals surface area contributed by atoms with Gasteiger partial charge >= 0.3 is 6.18 Å². The lowest BCUT2D eigenvalue weighted by Gasteiger charge is -2.23. The molecule has 0 aliphatic carbocycles. The summed E-state index contributed by atoms with van der Waals surface area (Å²) in [6, 6.07) is 3.63. The maximum absolute atomic E-state index is 12.6. The molecule has 2 aromatic rings. The van der Waals surface area contributed by atoms with Crippen molar-refractivity contribution >= 4 is 21.6 Å². The molecule has 19 heavy (non-hydrogen) atoms. The third kappa shape index (κ3) is 2.60. The third-order valence-electron chi connectivity index (χ3n) is 3.40. The molecule has 6 heteroatoms. The Morgan fingerprint density at radius 2 is 1.84 bits per heavy atom. The van der Waals surface area contributed by atoms with Crippen molar-refractivity contribution in [3.05, 3.63) is 28.8 Å². The lowest BCUT2D eigenvalue weighted by Crippen LogP contribution is -2.34. The van der Waals surface area contributed by atoms with E-state index in [4.69, 9.17) is 5.73 Å². The number of alkyl halides is 3. The largest absolute Gasteiger partial charge is 0.416 e. The second kappa shape index (κ2) is 4.76. The van der Waals surface area contributed by atoms with Crippen molar-refractivity contribution in [1.82, 2.24) is 4.98 Å². The zero-order valence-electron chi connectivity index (χ0n) is 10.7. The van der Waals surface area contributed by atoms with Gasteiger partial charge in [-0.05, 0) is 31.0 Å². The molecule has 2 N–H and O–H groups in total. The van der Waals surface area contributed by atoms with E-state index < -0.39 is 17.3 Å². The highest BCUT2D eigenvalue weighted by Crippen LogP contribution is 2.36. The average Bonchev–Trinajstić information content (AvgIpc) is 2.80. The normalized spacial score (nSPS) is 13.2. The molecule has 0 unspecified atom stereocenters. The van der Waals surface area contributed by atoms with Gasteiger partial charge in [0.1, 0.15) is 5.01 Å². The number of rotatable bonds is 3. The highest BCUT2D eigenvalue weighted by Gasteiger charge is 2.32. The van der Waals surface area contributed by atoms with Crippen molar-refractivity contribution in [2.45, 2.75) is 38.4 Å². The second-order valence-corrected chi connectivity index (χ2v) is 5.59. The van der Waals surface area contributed by atoms with Crippen LogP contribution in [0.25, 0.3) is 10.2 Å². The summed E-state index contributed by atoms with van der Waals surface area (Å²) < 4.78 is 38.7. The Morgan fingerprint density at radius 3 is 2.37 bits per heavy atom. The molecule has 1 aromatic heterocycles. The van der Waals surface area contributed by atoms with E-state index >= 15 is 0 Å². The molecule has 0 amide bonds. The number of hydrogen-bond acceptors (Lipinski definition) is 3. The smallest absolute Gasteiger partial charge is 0.319 e. The molecule has 104 valence electrons. The number of benzene rings is 1. The van der Waals surface area contributed by atoms with Crippen LogP contribution in [0.2, 0.25) is 0 Å². The van der Waals surface area contributed by atoms with Crippen LogP contribution < -0.4 is 5.73 Å². The minimum Gasteiger partial charge on any atom is -0.319 e. The minimum absolute atomic E-state index is 0.367. The summed E-state index contributed by atoms with van der Waals surface area (Å²) in [5.41, 5.74) is 5.37. The minimum atomic E-state index is -4.34. The Hall–Kier alpha value is -1.14. The quantitative estimate of drug-likeness (QED) is 0.915. The lowest BCUT2D eigenvalue weighted by molar-refractivity contribution is -0.137. The zero-order valence-corrected chi connectivity index (χ0v) is 11.5. The van der Waals surface area contributed by atoms with E-state index in [1.165, 1.54) is 17.4 Å². The van der Waals surface area contributed by atoms with Crippen LogP contribution in [0, 0.1) is 0 Å². The Kier molecular flexibility index (Phi) is 3.57. The Bertz CT molecular complexity index is 585. The van der Waals surface area contributed by atoms with Gasteiger partial charge in [-0.1, -0.05) is 13.8 Å². The summed E-state index contributed by atoms with van der Waals surface area (Å²) in [5, 5.41) is 0.701. The average molecular weight is 288 g/mol. The van der Waals surface area contributed by atoms with Crippen molar-refractivity contribution in [1.29, 1.82) is 0 Å². The number of nitrogens with zero attached hydrogens (tertiary/aromatic N) is 1. The van der Waals surface area contributed by atoms with Gasteiger partial charge in [-0.15, -0.1) is 11.3 Å². The Morgan fingerprint density at radius 1 is 1.21 bits per heavy atom. The summed E-state index contributed by atoms with van der Waals surface area (Å²) >= 11 is 1.37. The Balaban J connectivity index is 2.52. The molecule has 0 fully saturated rings. The monoisotopic (exact) mass is 288 g/mol. The molecule has 0 spiro atoms. The number of fused-ring (bicyclic) bond motifs is 1. The third-order valence-corrected chi connectivity index (χ3v) is 4.66. The molecule has 0 atom stereocenters. The van der Waals surface area contributed by atoms with Gasteiger partial charge in [-0.25, -0.2) is 4.98 Å². The predicted molar refractivity (Wildman–Crippen MR) is 71.1 cm³/mol. The van der Waals surface area contributed by atoms with Crippen molar-refractivity contribution in [2.75, 3.05) is 0 Å². The summed E-state index contributed by atoms with van der Waals surface area (Å²) in [5.74, 6) is 0. The molecular weight excluding hydrogens is 273 g/mol. The molecule has 2 nitrogen and oxygen atoms in total. The summed E-state index contributed by atoms with van der Waals surface area (Å²) in [6.45, 7) is 3.91. The standard InChI is InChI=1S/C13H15F3N2S/c1-3-12(17,4-2)11-18-9-7-8(13(14,15)16)5-6-10(9)19-11/h5-7H,3-4,17H2,1-2H3. The number of nitrogens with two attached hydrogens (primary N) is 1. The molecule has 2 rings (SSSR count). The van der Waals surface area contributed by atoms with Crippen molar-refractivity contribution in [3.63, 3.8) is 0 Å². The van der Waals surface area contributed by atoms with Gasteiger partial charge in [-0.2, -0.15) is 13.2 Å². The molecule has 0 radical (unpaired) electrons. The topological polar surface area (TPSA) is 38.9 Å². The maximum Gasteiger partial charge on any atom is 0.416 e. The van der Waals surface area contributed by atoms with E-state index in [2.05, 4.69) is 4.98 Å². The van der Waals surface area contributed by atoms with Crippen LogP contribution in [0.4, 0.5) is 13.2 Å². The van der Waals surface area contributed by atoms with Crippen molar-refractivity contribution < 1.29 is 13.2 Å². The van der Waals surface area contributed by atoms with Crippen LogP contribution >= 0.6 is 11.3 Å². The highest BCUT2D eigenvalue weighted by molar-refractivity contribution is 7.18. The van der Waals surface area contributed by atoms with E-state index in [-0.39, 0.29) is 0 Å². The first-order chi connectivity index (χ1) is 8.80. The van der Waals surface area contributed by atoms with E-state index in [9.17, 15) is 13.2 Å². The number of thiazole rings is 1. The number of aromatic nitrogens is 1. The van der Waals surface area contributed by atoms with Crippen LogP contribution in [0.15, 0.2) is 18.2 Å².